The molecule has 0 aliphatic heterocycles. The van der Waals surface area contributed by atoms with E-state index in [4.69, 9.17) is 41.1 Å². The van der Waals surface area contributed by atoms with Crippen molar-refractivity contribution < 1.29 is 32.6 Å². The van der Waals surface area contributed by atoms with Gasteiger partial charge in [-0.15, -0.1) is 6.42 Å². The summed E-state index contributed by atoms with van der Waals surface area (Å²) >= 11 is 6.21. The number of methoxy groups -OCH3 is 1. The molecule has 3 heterocycles. The number of aryl methyl sites for hydroxylation is 4. The minimum atomic E-state index is -1.26. The van der Waals surface area contributed by atoms with Crippen LogP contribution >= 0.6 is 11.6 Å². The smallest absolute Gasteiger partial charge is 0.461 e. The number of carbonyl (C=O) groups is 2. The van der Waals surface area contributed by atoms with Crippen LogP contribution in [0, 0.1) is 33.1 Å². The summed E-state index contributed by atoms with van der Waals surface area (Å²) in [5.41, 5.74) is 1.42. The van der Waals surface area contributed by atoms with Crippen LogP contribution in [0.2, 0.25) is 5.28 Å². The summed E-state index contributed by atoms with van der Waals surface area (Å²) in [4.78, 5) is 49.3. The third-order valence-corrected chi connectivity index (χ3v) is 7.69. The first-order valence-electron chi connectivity index (χ1n) is 14.4. The zero-order valence-electron chi connectivity index (χ0n) is 26.8. The normalized spacial score (nSPS) is 12.8. The highest BCUT2D eigenvalue weighted by atomic mass is 35.5. The van der Waals surface area contributed by atoms with Gasteiger partial charge in [0.1, 0.15) is 18.1 Å². The van der Waals surface area contributed by atoms with Gasteiger partial charge in [0.05, 0.1) is 19.3 Å². The van der Waals surface area contributed by atoms with Crippen LogP contribution in [0.5, 0.6) is 5.75 Å². The average molecular weight is 654 g/mol. The molecule has 1 atom stereocenters. The molecule has 46 heavy (non-hydrogen) atoms. The van der Waals surface area contributed by atoms with Gasteiger partial charge < -0.3 is 32.9 Å². The highest BCUT2D eigenvalue weighted by Gasteiger charge is 2.34. The summed E-state index contributed by atoms with van der Waals surface area (Å²) in [6, 6.07) is 3.75. The van der Waals surface area contributed by atoms with Crippen molar-refractivity contribution >= 4 is 40.5 Å². The number of esters is 2. The van der Waals surface area contributed by atoms with E-state index < -0.39 is 28.8 Å². The van der Waals surface area contributed by atoms with Gasteiger partial charge in [0.15, 0.2) is 28.3 Å². The number of benzene rings is 1. The first kappa shape index (κ1) is 34.2. The standard InChI is InChI=1S/C32H36ClN5O8/c1-9-32(42-8,16-43-24(40)14-31(6,7)25-19(3)12-18(2)13-22(25)45-21(5)39)10-11-38-17-35-26-27(36-29(33)37-28(26)38)34-15-23-20(4)44-30(41)46-23/h1,12-13,17H,10-11,14-16H2,2-8H3,(H,34,36,37). The number of halogens is 1. The van der Waals surface area contributed by atoms with Crippen molar-refractivity contribution in [1.82, 2.24) is 19.5 Å². The molecule has 1 aromatic carbocycles. The second kappa shape index (κ2) is 13.8. The van der Waals surface area contributed by atoms with E-state index in [1.54, 1.807) is 23.9 Å². The monoisotopic (exact) mass is 653 g/mol. The molecule has 0 aliphatic carbocycles. The maximum Gasteiger partial charge on any atom is 0.519 e. The number of carbonyl (C=O) groups excluding carboxylic acids is 2. The quantitative estimate of drug-likeness (QED) is 0.0909. The molecule has 0 saturated heterocycles. The van der Waals surface area contributed by atoms with E-state index in [0.717, 1.165) is 16.7 Å². The zero-order chi connectivity index (χ0) is 33.8. The molecular formula is C32H36ClN5O8. The first-order chi connectivity index (χ1) is 21.7. The topological polar surface area (TPSA) is 161 Å². The second-order valence-corrected chi connectivity index (χ2v) is 11.9. The summed E-state index contributed by atoms with van der Waals surface area (Å²) in [5.74, 6) is 2.27. The lowest BCUT2D eigenvalue weighted by Gasteiger charge is -2.30. The Morgan fingerprint density at radius 2 is 1.91 bits per heavy atom. The summed E-state index contributed by atoms with van der Waals surface area (Å²) in [7, 11) is 1.45. The van der Waals surface area contributed by atoms with Gasteiger partial charge in [0, 0.05) is 38.0 Å². The molecule has 0 amide bonds. The van der Waals surface area contributed by atoms with E-state index in [9.17, 15) is 14.4 Å². The molecule has 13 nitrogen and oxygen atoms in total. The van der Waals surface area contributed by atoms with Gasteiger partial charge >= 0.3 is 17.8 Å². The molecule has 0 bridgehead atoms. The SMILES string of the molecule is C#CC(CCn1cnc2c(NCc3oc(=O)oc3C)nc(Cl)nc21)(COC(=O)CC(C)(C)c1c(C)cc(C)cc1OC(C)=O)OC. The number of hydrogen-bond donors (Lipinski definition) is 1. The fraction of sp³-hybridized carbons (Fsp3) is 0.438. The van der Waals surface area contributed by atoms with Crippen LogP contribution in [0.1, 0.15) is 61.8 Å². The van der Waals surface area contributed by atoms with E-state index in [-0.39, 0.29) is 37.8 Å². The maximum absolute atomic E-state index is 13.2. The number of terminal acetylenes is 1. The lowest BCUT2D eigenvalue weighted by molar-refractivity contribution is -0.151. The van der Waals surface area contributed by atoms with Crippen molar-refractivity contribution in [3.8, 4) is 18.1 Å². The first-order valence-corrected chi connectivity index (χ1v) is 14.7. The van der Waals surface area contributed by atoms with Crippen LogP contribution in [0.3, 0.4) is 0 Å². The molecule has 4 aromatic rings. The van der Waals surface area contributed by atoms with Crippen LogP contribution in [-0.2, 0) is 37.6 Å². The highest BCUT2D eigenvalue weighted by Crippen LogP contribution is 2.38. The number of ether oxygens (including phenoxy) is 3. The minimum Gasteiger partial charge on any atom is -0.461 e. The molecule has 3 aromatic heterocycles. The number of aromatic nitrogens is 4. The number of nitrogens with one attached hydrogen (secondary N) is 1. The van der Waals surface area contributed by atoms with E-state index in [1.165, 1.54) is 14.0 Å². The van der Waals surface area contributed by atoms with Gasteiger partial charge in [0.2, 0.25) is 5.28 Å². The van der Waals surface area contributed by atoms with Gasteiger partial charge in [-0.3, -0.25) is 9.59 Å². The van der Waals surface area contributed by atoms with E-state index in [2.05, 4.69) is 26.2 Å². The predicted molar refractivity (Wildman–Crippen MR) is 169 cm³/mol. The third kappa shape index (κ3) is 7.75. The van der Waals surface area contributed by atoms with Crippen LogP contribution in [0.25, 0.3) is 11.2 Å². The van der Waals surface area contributed by atoms with E-state index >= 15 is 0 Å². The van der Waals surface area contributed by atoms with Crippen molar-refractivity contribution in [3.05, 3.63) is 62.6 Å². The molecule has 14 heteroatoms. The van der Waals surface area contributed by atoms with Crippen molar-refractivity contribution in [2.75, 3.05) is 19.0 Å². The molecule has 0 aliphatic rings. The molecule has 0 radical (unpaired) electrons. The number of imidazole rings is 1. The number of nitrogens with zero attached hydrogens (tertiary/aromatic N) is 4. The Morgan fingerprint density at radius 1 is 1.17 bits per heavy atom. The van der Waals surface area contributed by atoms with Gasteiger partial charge in [0.25, 0.3) is 0 Å². The molecule has 4 rings (SSSR count). The van der Waals surface area contributed by atoms with Gasteiger partial charge in [-0.2, -0.15) is 9.97 Å². The molecule has 1 unspecified atom stereocenters. The van der Waals surface area contributed by atoms with Crippen molar-refractivity contribution in [2.45, 2.75) is 78.5 Å². The fourth-order valence-electron chi connectivity index (χ4n) is 5.34. The third-order valence-electron chi connectivity index (χ3n) is 7.53. The predicted octanol–water partition coefficient (Wildman–Crippen LogP) is 4.81. The summed E-state index contributed by atoms with van der Waals surface area (Å²) in [6.45, 7) is 10.7. The van der Waals surface area contributed by atoms with E-state index in [1.807, 2.05) is 33.8 Å². The summed E-state index contributed by atoms with van der Waals surface area (Å²) < 4.78 is 28.5. The van der Waals surface area contributed by atoms with Crippen LogP contribution in [0.15, 0.2) is 32.1 Å². The average Bonchev–Trinajstić information content (AvgIpc) is 3.52. The van der Waals surface area contributed by atoms with Crippen LogP contribution in [0.4, 0.5) is 5.82 Å². The zero-order valence-corrected chi connectivity index (χ0v) is 27.5. The van der Waals surface area contributed by atoms with E-state index in [0.29, 0.717) is 34.3 Å². The molecule has 0 spiro atoms. The molecular weight excluding hydrogens is 618 g/mol. The second-order valence-electron chi connectivity index (χ2n) is 11.6. The minimum absolute atomic E-state index is 0.00532. The maximum atomic E-state index is 13.2. The Balaban J connectivity index is 1.45. The Morgan fingerprint density at radius 3 is 2.54 bits per heavy atom. The number of fused-ring (bicyclic) bond motifs is 1. The van der Waals surface area contributed by atoms with Gasteiger partial charge in [-0.05, 0) is 49.6 Å². The summed E-state index contributed by atoms with van der Waals surface area (Å²) in [6.07, 6.45) is 7.68. The van der Waals surface area contributed by atoms with Gasteiger partial charge in [-0.25, -0.2) is 9.78 Å². The van der Waals surface area contributed by atoms with Crippen LogP contribution < -0.4 is 15.9 Å². The number of rotatable bonds is 13. The van der Waals surface area contributed by atoms with Crippen molar-refractivity contribution in [2.24, 2.45) is 0 Å². The van der Waals surface area contributed by atoms with Crippen molar-refractivity contribution in [1.29, 1.82) is 0 Å². The lowest BCUT2D eigenvalue weighted by atomic mass is 9.78. The largest absolute Gasteiger partial charge is 0.519 e. The molecule has 0 saturated carbocycles. The van der Waals surface area contributed by atoms with Crippen molar-refractivity contribution in [3.63, 3.8) is 0 Å². The molecule has 0 fully saturated rings. The Kier molecular flexibility index (Phi) is 10.2. The Hall–Kier alpha value is -4.67. The molecule has 244 valence electrons. The Labute approximate surface area is 270 Å². The highest BCUT2D eigenvalue weighted by molar-refractivity contribution is 6.28. The van der Waals surface area contributed by atoms with Crippen LogP contribution in [-0.4, -0.2) is 50.8 Å². The lowest BCUT2D eigenvalue weighted by Crippen LogP contribution is -2.38. The molecule has 1 N–H and O–H groups in total. The summed E-state index contributed by atoms with van der Waals surface area (Å²) in [5, 5.41) is 3.01. The number of hydrogen-bond acceptors (Lipinski definition) is 12. The Bertz CT molecular complexity index is 1870. The van der Waals surface area contributed by atoms with Gasteiger partial charge in [-0.1, -0.05) is 25.8 Å². The number of anilines is 1. The fourth-order valence-corrected chi connectivity index (χ4v) is 5.50.